The number of thiophene rings is 1. The number of rotatable bonds is 7. The van der Waals surface area contributed by atoms with Gasteiger partial charge in [-0.3, -0.25) is 4.79 Å². The topological polar surface area (TPSA) is 86.7 Å². The maximum atomic E-state index is 11.1. The zero-order chi connectivity index (χ0) is 16.2. The standard InChI is InChI=1S/C14H15N5OS3/c1-9-16-10(7-22-9)8-23-14-18-17-13(11-3-2-6-21-11)19(14)5-4-12(15)20/h2-3,6-7H,4-5,8H2,1H3,(H2,15,20). The van der Waals surface area contributed by atoms with Gasteiger partial charge in [0.25, 0.3) is 0 Å². The third-order valence-corrected chi connectivity index (χ3v) is 5.74. The monoisotopic (exact) mass is 365 g/mol. The quantitative estimate of drug-likeness (QED) is 0.651. The number of aryl methyl sites for hydroxylation is 1. The van der Waals surface area contributed by atoms with E-state index in [1.54, 1.807) is 34.4 Å². The van der Waals surface area contributed by atoms with E-state index >= 15 is 0 Å². The minimum absolute atomic E-state index is 0.264. The molecule has 0 saturated heterocycles. The van der Waals surface area contributed by atoms with Crippen molar-refractivity contribution in [2.45, 2.75) is 30.8 Å². The highest BCUT2D eigenvalue weighted by molar-refractivity contribution is 7.98. The smallest absolute Gasteiger partial charge is 0.219 e. The molecule has 0 unspecified atom stereocenters. The molecule has 3 heterocycles. The van der Waals surface area contributed by atoms with Crippen LogP contribution in [0.15, 0.2) is 28.0 Å². The number of thiazole rings is 1. The first-order valence-electron chi connectivity index (χ1n) is 6.92. The van der Waals surface area contributed by atoms with Gasteiger partial charge < -0.3 is 10.3 Å². The second kappa shape index (κ2) is 7.24. The first-order valence-corrected chi connectivity index (χ1v) is 9.67. The van der Waals surface area contributed by atoms with E-state index in [0.29, 0.717) is 6.54 Å². The molecule has 3 rings (SSSR count). The summed E-state index contributed by atoms with van der Waals surface area (Å²) in [6.07, 6.45) is 0.264. The number of hydrogen-bond donors (Lipinski definition) is 1. The zero-order valence-corrected chi connectivity index (χ0v) is 14.9. The third kappa shape index (κ3) is 3.98. The predicted molar refractivity (Wildman–Crippen MR) is 93.6 cm³/mol. The van der Waals surface area contributed by atoms with E-state index in [-0.39, 0.29) is 12.3 Å². The number of amides is 1. The molecule has 23 heavy (non-hydrogen) atoms. The van der Waals surface area contributed by atoms with Gasteiger partial charge in [-0.15, -0.1) is 32.9 Å². The van der Waals surface area contributed by atoms with E-state index in [4.69, 9.17) is 5.73 Å². The second-order valence-corrected chi connectivity index (χ2v) is 7.75. The minimum Gasteiger partial charge on any atom is -0.370 e. The molecule has 0 bridgehead atoms. The molecule has 0 spiro atoms. The average Bonchev–Trinajstić information content (AvgIpc) is 3.23. The lowest BCUT2D eigenvalue weighted by Gasteiger charge is -2.07. The second-order valence-electron chi connectivity index (χ2n) is 4.80. The van der Waals surface area contributed by atoms with Gasteiger partial charge in [-0.05, 0) is 18.4 Å². The van der Waals surface area contributed by atoms with Gasteiger partial charge in [0.05, 0.1) is 15.6 Å². The van der Waals surface area contributed by atoms with Gasteiger partial charge in [0.15, 0.2) is 11.0 Å². The van der Waals surface area contributed by atoms with E-state index in [2.05, 4.69) is 15.2 Å². The number of carbonyl (C=O) groups is 1. The largest absolute Gasteiger partial charge is 0.370 e. The van der Waals surface area contributed by atoms with Gasteiger partial charge in [0, 0.05) is 24.1 Å². The van der Waals surface area contributed by atoms with Crippen molar-refractivity contribution in [1.82, 2.24) is 19.7 Å². The molecular weight excluding hydrogens is 350 g/mol. The molecule has 0 aliphatic rings. The number of hydrogen-bond acceptors (Lipinski definition) is 7. The highest BCUT2D eigenvalue weighted by Crippen LogP contribution is 2.29. The van der Waals surface area contributed by atoms with Crippen LogP contribution in [0.5, 0.6) is 0 Å². The molecular formula is C14H15N5OS3. The van der Waals surface area contributed by atoms with Gasteiger partial charge in [-0.25, -0.2) is 4.98 Å². The van der Waals surface area contributed by atoms with Gasteiger partial charge in [0.1, 0.15) is 0 Å². The molecule has 120 valence electrons. The van der Waals surface area contributed by atoms with Crippen LogP contribution in [-0.2, 0) is 17.1 Å². The van der Waals surface area contributed by atoms with Crippen LogP contribution in [0.4, 0.5) is 0 Å². The Morgan fingerprint density at radius 1 is 1.39 bits per heavy atom. The van der Waals surface area contributed by atoms with Gasteiger partial charge >= 0.3 is 0 Å². The maximum Gasteiger partial charge on any atom is 0.219 e. The Hall–Kier alpha value is -1.71. The number of carbonyl (C=O) groups excluding carboxylic acids is 1. The van der Waals surface area contributed by atoms with E-state index in [1.807, 2.05) is 34.4 Å². The summed E-state index contributed by atoms with van der Waals surface area (Å²) in [6.45, 7) is 2.47. The molecule has 1 amide bonds. The van der Waals surface area contributed by atoms with Crippen LogP contribution < -0.4 is 5.73 Å². The van der Waals surface area contributed by atoms with Crippen molar-refractivity contribution in [3.63, 3.8) is 0 Å². The molecule has 3 aromatic heterocycles. The number of nitrogens with zero attached hydrogens (tertiary/aromatic N) is 4. The lowest BCUT2D eigenvalue weighted by molar-refractivity contribution is -0.118. The summed E-state index contributed by atoms with van der Waals surface area (Å²) in [5, 5.41) is 14.4. The van der Waals surface area contributed by atoms with Gasteiger partial charge in [-0.1, -0.05) is 17.8 Å². The van der Waals surface area contributed by atoms with Crippen molar-refractivity contribution in [2.75, 3.05) is 0 Å². The van der Waals surface area contributed by atoms with E-state index in [0.717, 1.165) is 32.3 Å². The summed E-state index contributed by atoms with van der Waals surface area (Å²) in [5.41, 5.74) is 6.32. The predicted octanol–water partition coefficient (Wildman–Crippen LogP) is 2.94. The van der Waals surface area contributed by atoms with Crippen LogP contribution in [0.3, 0.4) is 0 Å². The number of nitrogens with two attached hydrogens (primary N) is 1. The van der Waals surface area contributed by atoms with Crippen LogP contribution in [-0.4, -0.2) is 25.7 Å². The van der Waals surface area contributed by atoms with Crippen molar-refractivity contribution >= 4 is 40.3 Å². The van der Waals surface area contributed by atoms with E-state index < -0.39 is 0 Å². The van der Waals surface area contributed by atoms with E-state index in [9.17, 15) is 4.79 Å². The Labute approximate surface area is 145 Å². The number of aromatic nitrogens is 4. The molecule has 3 aromatic rings. The summed E-state index contributed by atoms with van der Waals surface area (Å²) in [7, 11) is 0. The summed E-state index contributed by atoms with van der Waals surface area (Å²) in [6, 6.07) is 3.96. The Balaban J connectivity index is 1.82. The first-order chi connectivity index (χ1) is 11.1. The van der Waals surface area contributed by atoms with Crippen LogP contribution in [0.25, 0.3) is 10.7 Å². The minimum atomic E-state index is -0.332. The Morgan fingerprint density at radius 3 is 2.91 bits per heavy atom. The van der Waals surface area contributed by atoms with E-state index in [1.165, 1.54) is 0 Å². The Kier molecular flexibility index (Phi) is 5.09. The molecule has 9 heteroatoms. The molecule has 0 aliphatic carbocycles. The summed E-state index contributed by atoms with van der Waals surface area (Å²) >= 11 is 4.80. The third-order valence-electron chi connectivity index (χ3n) is 3.06. The Morgan fingerprint density at radius 2 is 2.26 bits per heavy atom. The normalized spacial score (nSPS) is 11.0. The molecule has 0 radical (unpaired) electrons. The van der Waals surface area contributed by atoms with Gasteiger partial charge in [-0.2, -0.15) is 0 Å². The fourth-order valence-corrected chi connectivity index (χ4v) is 4.31. The average molecular weight is 366 g/mol. The van der Waals surface area contributed by atoms with Crippen molar-refractivity contribution in [3.05, 3.63) is 33.6 Å². The zero-order valence-electron chi connectivity index (χ0n) is 12.4. The summed E-state index contributed by atoms with van der Waals surface area (Å²) in [5.74, 6) is 1.17. The fraction of sp³-hybridized carbons (Fsp3) is 0.286. The Bertz CT molecular complexity index is 793. The lowest BCUT2D eigenvalue weighted by Crippen LogP contribution is -2.14. The molecule has 0 saturated carbocycles. The van der Waals surface area contributed by atoms with Crippen LogP contribution >= 0.6 is 34.4 Å². The molecule has 0 atom stereocenters. The number of primary amides is 1. The molecule has 0 fully saturated rings. The molecule has 2 N–H and O–H groups in total. The summed E-state index contributed by atoms with van der Waals surface area (Å²) < 4.78 is 1.96. The van der Waals surface area contributed by atoms with Crippen molar-refractivity contribution in [1.29, 1.82) is 0 Å². The highest BCUT2D eigenvalue weighted by atomic mass is 32.2. The van der Waals surface area contributed by atoms with Crippen LogP contribution in [0.1, 0.15) is 17.1 Å². The number of thioether (sulfide) groups is 1. The molecule has 0 aromatic carbocycles. The van der Waals surface area contributed by atoms with Crippen LogP contribution in [0, 0.1) is 6.92 Å². The highest BCUT2D eigenvalue weighted by Gasteiger charge is 2.16. The first kappa shape index (κ1) is 16.2. The van der Waals surface area contributed by atoms with Gasteiger partial charge in [0.2, 0.25) is 5.91 Å². The fourth-order valence-electron chi connectivity index (χ4n) is 2.02. The summed E-state index contributed by atoms with van der Waals surface area (Å²) in [4.78, 5) is 16.6. The van der Waals surface area contributed by atoms with Crippen molar-refractivity contribution in [2.24, 2.45) is 5.73 Å². The van der Waals surface area contributed by atoms with Crippen molar-refractivity contribution < 1.29 is 4.79 Å². The molecule has 0 aliphatic heterocycles. The van der Waals surface area contributed by atoms with Crippen LogP contribution in [0.2, 0.25) is 0 Å². The molecule has 6 nitrogen and oxygen atoms in total. The SMILES string of the molecule is Cc1nc(CSc2nnc(-c3cccs3)n2CCC(N)=O)cs1. The van der Waals surface area contributed by atoms with Crippen molar-refractivity contribution in [3.8, 4) is 10.7 Å². The maximum absolute atomic E-state index is 11.1. The lowest BCUT2D eigenvalue weighted by atomic mass is 10.4.